The van der Waals surface area contributed by atoms with E-state index in [9.17, 15) is 4.79 Å². The SMILES string of the molecule is Cc1nn(-c2cccnc2)c(C)c1C(=O)O. The molecule has 0 atom stereocenters. The van der Waals surface area contributed by atoms with Crippen LogP contribution in [0.25, 0.3) is 5.69 Å². The van der Waals surface area contributed by atoms with Crippen molar-refractivity contribution in [3.8, 4) is 5.69 Å². The van der Waals surface area contributed by atoms with Crippen LogP contribution in [0.2, 0.25) is 0 Å². The predicted octanol–water partition coefficient (Wildman–Crippen LogP) is 1.58. The molecule has 0 amide bonds. The Bertz CT molecular complexity index is 532. The Kier molecular flexibility index (Phi) is 2.44. The van der Waals surface area contributed by atoms with Gasteiger partial charge in [0.25, 0.3) is 0 Å². The van der Waals surface area contributed by atoms with E-state index in [0.717, 1.165) is 5.69 Å². The summed E-state index contributed by atoms with van der Waals surface area (Å²) in [6, 6.07) is 3.62. The minimum atomic E-state index is -0.954. The van der Waals surface area contributed by atoms with Gasteiger partial charge in [-0.05, 0) is 26.0 Å². The second kappa shape index (κ2) is 3.77. The molecule has 5 nitrogen and oxygen atoms in total. The summed E-state index contributed by atoms with van der Waals surface area (Å²) in [4.78, 5) is 15.0. The van der Waals surface area contributed by atoms with Gasteiger partial charge in [0.2, 0.25) is 0 Å². The zero-order chi connectivity index (χ0) is 11.7. The number of carbonyl (C=O) groups is 1. The maximum atomic E-state index is 11.0. The molecule has 0 saturated heterocycles. The molecule has 0 aliphatic rings. The monoisotopic (exact) mass is 217 g/mol. The zero-order valence-corrected chi connectivity index (χ0v) is 9.01. The Morgan fingerprint density at radius 1 is 1.44 bits per heavy atom. The van der Waals surface area contributed by atoms with E-state index in [1.54, 1.807) is 37.0 Å². The molecule has 2 heterocycles. The van der Waals surface area contributed by atoms with Crippen molar-refractivity contribution in [1.82, 2.24) is 14.8 Å². The fourth-order valence-electron chi connectivity index (χ4n) is 1.68. The highest BCUT2D eigenvalue weighted by Gasteiger charge is 2.18. The van der Waals surface area contributed by atoms with E-state index in [1.165, 1.54) is 0 Å². The van der Waals surface area contributed by atoms with E-state index >= 15 is 0 Å². The van der Waals surface area contributed by atoms with Crippen molar-refractivity contribution in [3.63, 3.8) is 0 Å². The first-order valence-corrected chi connectivity index (χ1v) is 4.81. The Hall–Kier alpha value is -2.17. The quantitative estimate of drug-likeness (QED) is 0.829. The second-order valence-electron chi connectivity index (χ2n) is 3.47. The number of aromatic nitrogens is 3. The molecule has 0 aromatic carbocycles. The highest BCUT2D eigenvalue weighted by molar-refractivity contribution is 5.90. The summed E-state index contributed by atoms with van der Waals surface area (Å²) in [6.07, 6.45) is 3.30. The summed E-state index contributed by atoms with van der Waals surface area (Å²) in [5.74, 6) is -0.954. The molecule has 5 heteroatoms. The Morgan fingerprint density at radius 2 is 2.19 bits per heavy atom. The van der Waals surface area contributed by atoms with Crippen LogP contribution < -0.4 is 0 Å². The third-order valence-electron chi connectivity index (χ3n) is 2.40. The van der Waals surface area contributed by atoms with Crippen LogP contribution in [-0.2, 0) is 0 Å². The van der Waals surface area contributed by atoms with Gasteiger partial charge in [0, 0.05) is 6.20 Å². The molecule has 0 aliphatic carbocycles. The lowest BCUT2D eigenvalue weighted by Gasteiger charge is -2.02. The lowest BCUT2D eigenvalue weighted by molar-refractivity contribution is 0.0695. The van der Waals surface area contributed by atoms with Crippen LogP contribution >= 0.6 is 0 Å². The first-order valence-electron chi connectivity index (χ1n) is 4.81. The fourth-order valence-corrected chi connectivity index (χ4v) is 1.68. The van der Waals surface area contributed by atoms with Gasteiger partial charge in [-0.1, -0.05) is 0 Å². The van der Waals surface area contributed by atoms with E-state index in [1.807, 2.05) is 6.07 Å². The highest BCUT2D eigenvalue weighted by Crippen LogP contribution is 2.16. The molecule has 0 spiro atoms. The first kappa shape index (κ1) is 10.4. The predicted molar refractivity (Wildman–Crippen MR) is 57.8 cm³/mol. The van der Waals surface area contributed by atoms with E-state index in [0.29, 0.717) is 11.4 Å². The number of nitrogens with zero attached hydrogens (tertiary/aromatic N) is 3. The molecule has 1 N–H and O–H groups in total. The molecular formula is C11H11N3O2. The fraction of sp³-hybridized carbons (Fsp3) is 0.182. The van der Waals surface area contributed by atoms with Crippen molar-refractivity contribution in [2.24, 2.45) is 0 Å². The van der Waals surface area contributed by atoms with E-state index < -0.39 is 5.97 Å². The van der Waals surface area contributed by atoms with E-state index in [4.69, 9.17) is 5.11 Å². The smallest absolute Gasteiger partial charge is 0.339 e. The van der Waals surface area contributed by atoms with Gasteiger partial charge < -0.3 is 5.11 Å². The normalized spacial score (nSPS) is 10.4. The topological polar surface area (TPSA) is 68.0 Å². The average Bonchev–Trinajstić information content (AvgIpc) is 2.55. The number of rotatable bonds is 2. The van der Waals surface area contributed by atoms with Crippen LogP contribution in [0.5, 0.6) is 0 Å². The van der Waals surface area contributed by atoms with E-state index in [2.05, 4.69) is 10.1 Å². The summed E-state index contributed by atoms with van der Waals surface area (Å²) in [5, 5.41) is 13.2. The number of hydrogen-bond donors (Lipinski definition) is 1. The number of hydrogen-bond acceptors (Lipinski definition) is 3. The largest absolute Gasteiger partial charge is 0.478 e. The standard InChI is InChI=1S/C11H11N3O2/c1-7-10(11(15)16)8(2)14(13-7)9-4-3-5-12-6-9/h3-6H,1-2H3,(H,15,16). The number of pyridine rings is 1. The molecule has 2 rings (SSSR count). The van der Waals surface area contributed by atoms with Crippen molar-refractivity contribution in [3.05, 3.63) is 41.5 Å². The molecule has 0 unspecified atom stereocenters. The molecule has 0 bridgehead atoms. The first-order chi connectivity index (χ1) is 7.61. The third-order valence-corrected chi connectivity index (χ3v) is 2.40. The van der Waals surface area contributed by atoms with Crippen molar-refractivity contribution in [2.75, 3.05) is 0 Å². The summed E-state index contributed by atoms with van der Waals surface area (Å²) < 4.78 is 1.59. The molecule has 2 aromatic heterocycles. The summed E-state index contributed by atoms with van der Waals surface area (Å²) in [6.45, 7) is 3.42. The Labute approximate surface area is 92.4 Å². The van der Waals surface area contributed by atoms with Gasteiger partial charge in [-0.15, -0.1) is 0 Å². The number of carboxylic acid groups (broad SMARTS) is 1. The van der Waals surface area contributed by atoms with Crippen molar-refractivity contribution < 1.29 is 9.90 Å². The zero-order valence-electron chi connectivity index (χ0n) is 9.01. The van der Waals surface area contributed by atoms with Crippen LogP contribution in [0, 0.1) is 13.8 Å². The van der Waals surface area contributed by atoms with Gasteiger partial charge in [0.05, 0.1) is 23.3 Å². The van der Waals surface area contributed by atoms with Gasteiger partial charge in [-0.3, -0.25) is 4.98 Å². The second-order valence-corrected chi connectivity index (χ2v) is 3.47. The third kappa shape index (κ3) is 1.56. The lowest BCUT2D eigenvalue weighted by Crippen LogP contribution is -2.02. The van der Waals surface area contributed by atoms with Crippen LogP contribution in [0.3, 0.4) is 0 Å². The molecule has 16 heavy (non-hydrogen) atoms. The maximum absolute atomic E-state index is 11.0. The summed E-state index contributed by atoms with van der Waals surface area (Å²) in [5.41, 5.74) is 2.13. The molecule has 82 valence electrons. The molecule has 0 saturated carbocycles. The van der Waals surface area contributed by atoms with Gasteiger partial charge in [0.15, 0.2) is 0 Å². The van der Waals surface area contributed by atoms with Crippen molar-refractivity contribution in [2.45, 2.75) is 13.8 Å². The molecule has 0 aliphatic heterocycles. The molecular weight excluding hydrogens is 206 g/mol. The van der Waals surface area contributed by atoms with Crippen molar-refractivity contribution >= 4 is 5.97 Å². The minimum Gasteiger partial charge on any atom is -0.478 e. The van der Waals surface area contributed by atoms with Gasteiger partial charge in [-0.25, -0.2) is 9.48 Å². The van der Waals surface area contributed by atoms with Crippen molar-refractivity contribution in [1.29, 1.82) is 0 Å². The minimum absolute atomic E-state index is 0.254. The van der Waals surface area contributed by atoms with E-state index in [-0.39, 0.29) is 5.56 Å². The van der Waals surface area contributed by atoms with Crippen LogP contribution in [0.1, 0.15) is 21.7 Å². The summed E-state index contributed by atoms with van der Waals surface area (Å²) >= 11 is 0. The average molecular weight is 217 g/mol. The molecule has 0 radical (unpaired) electrons. The maximum Gasteiger partial charge on any atom is 0.339 e. The molecule has 0 fully saturated rings. The number of carboxylic acids is 1. The van der Waals surface area contributed by atoms with Crippen LogP contribution in [0.15, 0.2) is 24.5 Å². The van der Waals surface area contributed by atoms with Crippen LogP contribution in [-0.4, -0.2) is 25.8 Å². The number of aromatic carboxylic acids is 1. The molecule has 2 aromatic rings. The van der Waals surface area contributed by atoms with Crippen LogP contribution in [0.4, 0.5) is 0 Å². The highest BCUT2D eigenvalue weighted by atomic mass is 16.4. The number of aryl methyl sites for hydroxylation is 1. The van der Waals surface area contributed by atoms with Gasteiger partial charge >= 0.3 is 5.97 Å². The lowest BCUT2D eigenvalue weighted by atomic mass is 10.2. The Balaban J connectivity index is 2.61. The van der Waals surface area contributed by atoms with Gasteiger partial charge in [0.1, 0.15) is 5.56 Å². The van der Waals surface area contributed by atoms with Gasteiger partial charge in [-0.2, -0.15) is 5.10 Å². The summed E-state index contributed by atoms with van der Waals surface area (Å²) in [7, 11) is 0. The Morgan fingerprint density at radius 3 is 2.69 bits per heavy atom.